The minimum Gasteiger partial charge on any atom is -0.456 e. The molecule has 2 heterocycles. The second-order valence-corrected chi connectivity index (χ2v) is 11.3. The van der Waals surface area contributed by atoms with Gasteiger partial charge in [-0.25, -0.2) is 15.0 Å². The molecule has 0 bridgehead atoms. The van der Waals surface area contributed by atoms with Crippen molar-refractivity contribution in [3.63, 3.8) is 0 Å². The van der Waals surface area contributed by atoms with E-state index in [0.717, 1.165) is 65.9 Å². The van der Waals surface area contributed by atoms with Crippen LogP contribution in [0.3, 0.4) is 0 Å². The number of benzene rings is 7. The maximum absolute atomic E-state index is 6.24. The highest BCUT2D eigenvalue weighted by atomic mass is 16.3. The van der Waals surface area contributed by atoms with E-state index in [2.05, 4.69) is 103 Å². The topological polar surface area (TPSA) is 51.8 Å². The minimum absolute atomic E-state index is 0.634. The Hall–Kier alpha value is -6.13. The van der Waals surface area contributed by atoms with E-state index in [1.54, 1.807) is 0 Å². The molecule has 0 saturated carbocycles. The SMILES string of the molecule is c1ccc(-c2nc(-c3ccc4ccccc4c3)nc(-c3cc(-c4ccc5c(c4)oc4ccccc45)cc4ccccc34)n2)cc1. The molecule has 210 valence electrons. The van der Waals surface area contributed by atoms with Crippen LogP contribution < -0.4 is 0 Å². The molecule has 0 amide bonds. The van der Waals surface area contributed by atoms with Gasteiger partial charge in [-0.15, -0.1) is 0 Å². The van der Waals surface area contributed by atoms with Crippen molar-refractivity contribution in [2.45, 2.75) is 0 Å². The van der Waals surface area contributed by atoms with Crippen LogP contribution in [0.1, 0.15) is 0 Å². The monoisotopic (exact) mass is 575 g/mol. The first-order valence-electron chi connectivity index (χ1n) is 15.0. The van der Waals surface area contributed by atoms with E-state index >= 15 is 0 Å². The highest BCUT2D eigenvalue weighted by Gasteiger charge is 2.17. The first-order chi connectivity index (χ1) is 22.3. The highest BCUT2D eigenvalue weighted by molar-refractivity contribution is 6.06. The summed E-state index contributed by atoms with van der Waals surface area (Å²) in [6, 6.07) is 52.3. The van der Waals surface area contributed by atoms with Crippen molar-refractivity contribution < 1.29 is 4.42 Å². The lowest BCUT2D eigenvalue weighted by atomic mass is 9.95. The van der Waals surface area contributed by atoms with Crippen LogP contribution in [0, 0.1) is 0 Å². The van der Waals surface area contributed by atoms with Crippen LogP contribution >= 0.6 is 0 Å². The summed E-state index contributed by atoms with van der Waals surface area (Å²) in [5.41, 5.74) is 6.75. The number of nitrogens with zero attached hydrogens (tertiary/aromatic N) is 3. The van der Waals surface area contributed by atoms with Gasteiger partial charge in [-0.3, -0.25) is 0 Å². The van der Waals surface area contributed by atoms with Crippen LogP contribution in [-0.2, 0) is 0 Å². The van der Waals surface area contributed by atoms with Crippen molar-refractivity contribution in [1.82, 2.24) is 15.0 Å². The number of para-hydroxylation sites is 1. The Kier molecular flexibility index (Phi) is 5.78. The molecular formula is C41H25N3O. The normalized spacial score (nSPS) is 11.6. The summed E-state index contributed by atoms with van der Waals surface area (Å²) in [5, 5.41) is 6.76. The molecule has 4 nitrogen and oxygen atoms in total. The van der Waals surface area contributed by atoms with Crippen LogP contribution in [0.15, 0.2) is 156 Å². The summed E-state index contributed by atoms with van der Waals surface area (Å²) in [6.45, 7) is 0. The van der Waals surface area contributed by atoms with Crippen molar-refractivity contribution >= 4 is 43.5 Å². The number of aromatic nitrogens is 3. The van der Waals surface area contributed by atoms with Gasteiger partial charge in [0.25, 0.3) is 0 Å². The van der Waals surface area contributed by atoms with E-state index in [9.17, 15) is 0 Å². The average Bonchev–Trinajstić information content (AvgIpc) is 3.49. The number of hydrogen-bond donors (Lipinski definition) is 0. The molecule has 9 rings (SSSR count). The van der Waals surface area contributed by atoms with Gasteiger partial charge in [0.2, 0.25) is 0 Å². The zero-order chi connectivity index (χ0) is 29.7. The fourth-order valence-electron chi connectivity index (χ4n) is 6.24. The van der Waals surface area contributed by atoms with Gasteiger partial charge in [0.1, 0.15) is 11.2 Å². The molecule has 45 heavy (non-hydrogen) atoms. The molecule has 0 N–H and O–H groups in total. The lowest BCUT2D eigenvalue weighted by molar-refractivity contribution is 0.669. The molecule has 7 aromatic carbocycles. The van der Waals surface area contributed by atoms with Crippen molar-refractivity contribution in [3.8, 4) is 45.3 Å². The van der Waals surface area contributed by atoms with Crippen molar-refractivity contribution in [2.24, 2.45) is 0 Å². The van der Waals surface area contributed by atoms with Crippen LogP contribution in [0.4, 0.5) is 0 Å². The third kappa shape index (κ3) is 4.43. The first-order valence-corrected chi connectivity index (χ1v) is 15.0. The molecule has 9 aromatic rings. The summed E-state index contributed by atoms with van der Waals surface area (Å²) < 4.78 is 6.24. The Morgan fingerprint density at radius 3 is 1.82 bits per heavy atom. The molecule has 0 aliphatic heterocycles. The molecule has 0 unspecified atom stereocenters. The third-order valence-electron chi connectivity index (χ3n) is 8.49. The second-order valence-electron chi connectivity index (χ2n) is 11.3. The van der Waals surface area contributed by atoms with E-state index in [0.29, 0.717) is 17.5 Å². The van der Waals surface area contributed by atoms with E-state index in [-0.39, 0.29) is 0 Å². The number of furan rings is 1. The van der Waals surface area contributed by atoms with E-state index < -0.39 is 0 Å². The summed E-state index contributed by atoms with van der Waals surface area (Å²) in [6.07, 6.45) is 0. The maximum Gasteiger partial charge on any atom is 0.164 e. The fourth-order valence-corrected chi connectivity index (χ4v) is 6.24. The first kappa shape index (κ1) is 25.4. The van der Waals surface area contributed by atoms with Gasteiger partial charge in [-0.05, 0) is 69.1 Å². The Balaban J connectivity index is 1.27. The Morgan fingerprint density at radius 1 is 0.333 bits per heavy atom. The fraction of sp³-hybridized carbons (Fsp3) is 0. The van der Waals surface area contributed by atoms with E-state index in [1.807, 2.05) is 48.5 Å². The molecule has 2 aromatic heterocycles. The summed E-state index contributed by atoms with van der Waals surface area (Å²) in [4.78, 5) is 15.2. The van der Waals surface area contributed by atoms with Crippen molar-refractivity contribution in [3.05, 3.63) is 152 Å². The summed E-state index contributed by atoms with van der Waals surface area (Å²) in [5.74, 6) is 1.92. The molecule has 0 spiro atoms. The molecule has 0 atom stereocenters. The predicted octanol–water partition coefficient (Wildman–Crippen LogP) is 10.7. The zero-order valence-corrected chi connectivity index (χ0v) is 24.2. The van der Waals surface area contributed by atoms with E-state index in [4.69, 9.17) is 19.4 Å². The van der Waals surface area contributed by atoms with Gasteiger partial charge >= 0.3 is 0 Å². The lowest BCUT2D eigenvalue weighted by Crippen LogP contribution is -2.01. The van der Waals surface area contributed by atoms with Gasteiger partial charge in [0.15, 0.2) is 17.5 Å². The summed E-state index contributed by atoms with van der Waals surface area (Å²) >= 11 is 0. The minimum atomic E-state index is 0.634. The smallest absolute Gasteiger partial charge is 0.164 e. The van der Waals surface area contributed by atoms with Crippen LogP contribution in [0.5, 0.6) is 0 Å². The predicted molar refractivity (Wildman–Crippen MR) is 184 cm³/mol. The second kappa shape index (κ2) is 10.2. The van der Waals surface area contributed by atoms with Gasteiger partial charge in [0, 0.05) is 27.5 Å². The van der Waals surface area contributed by atoms with Gasteiger partial charge in [-0.2, -0.15) is 0 Å². The summed E-state index contributed by atoms with van der Waals surface area (Å²) in [7, 11) is 0. The van der Waals surface area contributed by atoms with Crippen LogP contribution in [0.2, 0.25) is 0 Å². The van der Waals surface area contributed by atoms with E-state index in [1.165, 1.54) is 5.39 Å². The number of rotatable bonds is 4. The quantitative estimate of drug-likeness (QED) is 0.209. The highest BCUT2D eigenvalue weighted by Crippen LogP contribution is 2.37. The average molecular weight is 576 g/mol. The maximum atomic E-state index is 6.24. The van der Waals surface area contributed by atoms with Crippen molar-refractivity contribution in [2.75, 3.05) is 0 Å². The molecule has 4 heteroatoms. The number of fused-ring (bicyclic) bond motifs is 5. The molecular weight excluding hydrogens is 550 g/mol. The van der Waals surface area contributed by atoms with Crippen LogP contribution in [0.25, 0.3) is 88.8 Å². The largest absolute Gasteiger partial charge is 0.456 e. The van der Waals surface area contributed by atoms with Gasteiger partial charge in [0.05, 0.1) is 0 Å². The molecule has 0 saturated heterocycles. The molecule has 0 aliphatic carbocycles. The Bertz CT molecular complexity index is 2550. The molecule has 0 fully saturated rings. The number of hydrogen-bond acceptors (Lipinski definition) is 4. The lowest BCUT2D eigenvalue weighted by Gasteiger charge is -2.13. The van der Waals surface area contributed by atoms with Gasteiger partial charge < -0.3 is 4.42 Å². The van der Waals surface area contributed by atoms with Crippen LogP contribution in [-0.4, -0.2) is 15.0 Å². The Morgan fingerprint density at radius 2 is 0.956 bits per heavy atom. The third-order valence-corrected chi connectivity index (χ3v) is 8.49. The standard InChI is InChI=1S/C41H25N3O/c1-2-11-27(12-3-1)39-42-40(31-19-18-26-10-4-5-13-28(26)22-31)44-41(43-39)36-24-32(23-30-14-6-7-15-33(30)36)29-20-21-35-34-16-8-9-17-37(34)45-38(35)25-29/h1-25H. The molecule has 0 aliphatic rings. The Labute approximate surface area is 259 Å². The zero-order valence-electron chi connectivity index (χ0n) is 24.2. The van der Waals surface area contributed by atoms with Crippen molar-refractivity contribution in [1.29, 1.82) is 0 Å². The van der Waals surface area contributed by atoms with Gasteiger partial charge in [-0.1, -0.05) is 115 Å². The molecule has 0 radical (unpaired) electrons.